The fourth-order valence-electron chi connectivity index (χ4n) is 2.39. The van der Waals surface area contributed by atoms with Gasteiger partial charge in [-0.15, -0.1) is 0 Å². The second-order valence-corrected chi connectivity index (χ2v) is 5.41. The highest BCUT2D eigenvalue weighted by Crippen LogP contribution is 2.22. The number of pyridine rings is 1. The lowest BCUT2D eigenvalue weighted by Gasteiger charge is -2.14. The van der Waals surface area contributed by atoms with Crippen LogP contribution in [-0.4, -0.2) is 16.3 Å². The minimum atomic E-state index is -0.128. The standard InChI is InChI=1S/C17H22N2O2/c1-12(2)13-3-5-14(6-4-13)16-8-7-15(11-18)17(21)19(16)9-10-20/h3-8,12,20H,9-11,18H2,1-2H3. The van der Waals surface area contributed by atoms with Crippen molar-refractivity contribution in [2.24, 2.45) is 5.73 Å². The molecule has 21 heavy (non-hydrogen) atoms. The highest BCUT2D eigenvalue weighted by molar-refractivity contribution is 5.60. The van der Waals surface area contributed by atoms with Crippen molar-refractivity contribution < 1.29 is 5.11 Å². The predicted octanol–water partition coefficient (Wildman–Crippen LogP) is 2.09. The van der Waals surface area contributed by atoms with Gasteiger partial charge in [0, 0.05) is 18.7 Å². The molecular weight excluding hydrogens is 264 g/mol. The van der Waals surface area contributed by atoms with Crippen LogP contribution < -0.4 is 11.3 Å². The third-order valence-electron chi connectivity index (χ3n) is 3.67. The average molecular weight is 286 g/mol. The smallest absolute Gasteiger partial charge is 0.255 e. The molecule has 0 saturated carbocycles. The first-order chi connectivity index (χ1) is 10.1. The molecule has 2 aromatic rings. The number of aliphatic hydroxyl groups excluding tert-OH is 1. The van der Waals surface area contributed by atoms with E-state index >= 15 is 0 Å². The summed E-state index contributed by atoms with van der Waals surface area (Å²) in [4.78, 5) is 12.3. The SMILES string of the molecule is CC(C)c1ccc(-c2ccc(CN)c(=O)n2CCO)cc1. The molecule has 0 aliphatic heterocycles. The van der Waals surface area contributed by atoms with Crippen molar-refractivity contribution in [1.82, 2.24) is 4.57 Å². The Hall–Kier alpha value is -1.91. The van der Waals surface area contributed by atoms with E-state index in [-0.39, 0.29) is 25.3 Å². The zero-order valence-corrected chi connectivity index (χ0v) is 12.5. The van der Waals surface area contributed by atoms with Crippen LogP contribution in [0.1, 0.15) is 30.9 Å². The van der Waals surface area contributed by atoms with E-state index in [1.54, 1.807) is 10.6 Å². The summed E-state index contributed by atoms with van der Waals surface area (Å²) >= 11 is 0. The summed E-state index contributed by atoms with van der Waals surface area (Å²) in [6.45, 7) is 4.69. The summed E-state index contributed by atoms with van der Waals surface area (Å²) in [5, 5.41) is 9.21. The third kappa shape index (κ3) is 3.23. The normalized spacial score (nSPS) is 11.1. The van der Waals surface area contributed by atoms with E-state index in [0.717, 1.165) is 11.3 Å². The van der Waals surface area contributed by atoms with Crippen LogP contribution >= 0.6 is 0 Å². The molecule has 4 nitrogen and oxygen atoms in total. The first-order valence-corrected chi connectivity index (χ1v) is 7.22. The van der Waals surface area contributed by atoms with E-state index < -0.39 is 0 Å². The molecule has 4 heteroatoms. The van der Waals surface area contributed by atoms with Crippen molar-refractivity contribution in [2.75, 3.05) is 6.61 Å². The number of nitrogens with two attached hydrogens (primary N) is 1. The van der Waals surface area contributed by atoms with E-state index in [0.29, 0.717) is 11.5 Å². The highest BCUT2D eigenvalue weighted by Gasteiger charge is 2.10. The van der Waals surface area contributed by atoms with Gasteiger partial charge >= 0.3 is 0 Å². The number of hydrogen-bond acceptors (Lipinski definition) is 3. The molecular formula is C17H22N2O2. The molecule has 1 aromatic carbocycles. The Labute approximate surface area is 124 Å². The van der Waals surface area contributed by atoms with Gasteiger partial charge in [-0.05, 0) is 23.1 Å². The molecule has 1 heterocycles. The molecule has 0 atom stereocenters. The van der Waals surface area contributed by atoms with E-state index in [1.807, 2.05) is 18.2 Å². The maximum absolute atomic E-state index is 12.3. The van der Waals surface area contributed by atoms with Gasteiger partial charge in [0.15, 0.2) is 0 Å². The summed E-state index contributed by atoms with van der Waals surface area (Å²) in [7, 11) is 0. The Balaban J connectivity index is 2.52. The Bertz CT molecular complexity index is 657. The molecule has 0 radical (unpaired) electrons. The molecule has 0 spiro atoms. The molecule has 0 aliphatic carbocycles. The molecule has 0 bridgehead atoms. The molecule has 0 amide bonds. The Morgan fingerprint density at radius 1 is 1.14 bits per heavy atom. The van der Waals surface area contributed by atoms with Crippen LogP contribution in [0.2, 0.25) is 0 Å². The van der Waals surface area contributed by atoms with E-state index in [9.17, 15) is 9.90 Å². The minimum Gasteiger partial charge on any atom is -0.395 e. The number of benzene rings is 1. The summed E-state index contributed by atoms with van der Waals surface area (Å²) in [5.41, 5.74) is 9.05. The Morgan fingerprint density at radius 2 is 1.81 bits per heavy atom. The van der Waals surface area contributed by atoms with Gasteiger partial charge in [-0.3, -0.25) is 4.79 Å². The van der Waals surface area contributed by atoms with E-state index in [4.69, 9.17) is 5.73 Å². The first kappa shape index (κ1) is 15.5. The largest absolute Gasteiger partial charge is 0.395 e. The monoisotopic (exact) mass is 286 g/mol. The maximum atomic E-state index is 12.3. The number of nitrogens with zero attached hydrogens (tertiary/aromatic N) is 1. The molecule has 1 aromatic heterocycles. The molecule has 0 saturated heterocycles. The average Bonchev–Trinajstić information content (AvgIpc) is 2.49. The lowest BCUT2D eigenvalue weighted by Crippen LogP contribution is -2.27. The summed E-state index contributed by atoms with van der Waals surface area (Å²) in [5.74, 6) is 0.471. The molecule has 3 N–H and O–H groups in total. The van der Waals surface area contributed by atoms with Crippen LogP contribution in [-0.2, 0) is 13.1 Å². The third-order valence-corrected chi connectivity index (χ3v) is 3.67. The Morgan fingerprint density at radius 3 is 2.33 bits per heavy atom. The number of aliphatic hydroxyl groups is 1. The molecule has 0 fully saturated rings. The van der Waals surface area contributed by atoms with Crippen LogP contribution in [0.25, 0.3) is 11.3 Å². The lowest BCUT2D eigenvalue weighted by molar-refractivity contribution is 0.274. The van der Waals surface area contributed by atoms with Crippen LogP contribution in [0, 0.1) is 0 Å². The fourth-order valence-corrected chi connectivity index (χ4v) is 2.39. The molecule has 0 unspecified atom stereocenters. The lowest BCUT2D eigenvalue weighted by atomic mass is 10.0. The molecule has 112 valence electrons. The van der Waals surface area contributed by atoms with Crippen molar-refractivity contribution in [3.8, 4) is 11.3 Å². The van der Waals surface area contributed by atoms with Crippen LogP contribution in [0.5, 0.6) is 0 Å². The Kier molecular flexibility index (Phi) is 4.94. The van der Waals surface area contributed by atoms with Gasteiger partial charge in [0.05, 0.1) is 12.3 Å². The minimum absolute atomic E-state index is 0.0784. The second kappa shape index (κ2) is 6.70. The van der Waals surface area contributed by atoms with Crippen molar-refractivity contribution in [3.05, 3.63) is 57.9 Å². The summed E-state index contributed by atoms with van der Waals surface area (Å²) in [6.07, 6.45) is 0. The zero-order valence-electron chi connectivity index (χ0n) is 12.5. The van der Waals surface area contributed by atoms with Crippen LogP contribution in [0.15, 0.2) is 41.2 Å². The second-order valence-electron chi connectivity index (χ2n) is 5.41. The fraction of sp³-hybridized carbons (Fsp3) is 0.353. The van der Waals surface area contributed by atoms with Crippen molar-refractivity contribution >= 4 is 0 Å². The van der Waals surface area contributed by atoms with Crippen LogP contribution in [0.3, 0.4) is 0 Å². The van der Waals surface area contributed by atoms with Gasteiger partial charge in [0.2, 0.25) is 0 Å². The number of rotatable bonds is 5. The van der Waals surface area contributed by atoms with Crippen molar-refractivity contribution in [2.45, 2.75) is 32.9 Å². The van der Waals surface area contributed by atoms with Gasteiger partial charge in [-0.2, -0.15) is 0 Å². The van der Waals surface area contributed by atoms with E-state index in [1.165, 1.54) is 5.56 Å². The maximum Gasteiger partial charge on any atom is 0.255 e. The van der Waals surface area contributed by atoms with Gasteiger partial charge in [-0.25, -0.2) is 0 Å². The topological polar surface area (TPSA) is 68.2 Å². The first-order valence-electron chi connectivity index (χ1n) is 7.22. The van der Waals surface area contributed by atoms with Crippen molar-refractivity contribution in [1.29, 1.82) is 0 Å². The molecule has 0 aliphatic rings. The van der Waals surface area contributed by atoms with Gasteiger partial charge in [-0.1, -0.05) is 44.2 Å². The number of aromatic nitrogens is 1. The number of hydrogen-bond donors (Lipinski definition) is 2. The van der Waals surface area contributed by atoms with Crippen molar-refractivity contribution in [3.63, 3.8) is 0 Å². The van der Waals surface area contributed by atoms with Gasteiger partial charge < -0.3 is 15.4 Å². The van der Waals surface area contributed by atoms with E-state index in [2.05, 4.69) is 26.0 Å². The van der Waals surface area contributed by atoms with Gasteiger partial charge in [0.1, 0.15) is 0 Å². The highest BCUT2D eigenvalue weighted by atomic mass is 16.3. The molecule has 2 rings (SSSR count). The summed E-state index contributed by atoms with van der Waals surface area (Å²) in [6, 6.07) is 11.8. The quantitative estimate of drug-likeness (QED) is 0.884. The zero-order chi connectivity index (χ0) is 15.4. The summed E-state index contributed by atoms with van der Waals surface area (Å²) < 4.78 is 1.59. The van der Waals surface area contributed by atoms with Crippen LogP contribution in [0.4, 0.5) is 0 Å². The van der Waals surface area contributed by atoms with Gasteiger partial charge in [0.25, 0.3) is 5.56 Å². The predicted molar refractivity (Wildman–Crippen MR) is 85.2 cm³/mol.